The van der Waals surface area contributed by atoms with Crippen LogP contribution in [0.25, 0.3) is 10.9 Å². The number of carbonyl (C=O) groups is 3. The molecule has 0 aliphatic carbocycles. The molecular weight excluding hydrogens is 534 g/mol. The Labute approximate surface area is 245 Å². The molecule has 0 spiro atoms. The van der Waals surface area contributed by atoms with Gasteiger partial charge in [-0.3, -0.25) is 9.89 Å². The van der Waals surface area contributed by atoms with Gasteiger partial charge in [-0.1, -0.05) is 24.3 Å². The molecular formula is C31H39N7O4. The van der Waals surface area contributed by atoms with Crippen LogP contribution in [0.3, 0.4) is 0 Å². The first-order valence-corrected chi connectivity index (χ1v) is 14.9. The van der Waals surface area contributed by atoms with Crippen molar-refractivity contribution in [2.24, 2.45) is 5.73 Å². The third-order valence-electron chi connectivity index (χ3n) is 8.90. The summed E-state index contributed by atoms with van der Waals surface area (Å²) in [4.78, 5) is 45.4. The van der Waals surface area contributed by atoms with E-state index in [0.717, 1.165) is 52.5 Å². The number of urea groups is 1. The zero-order chi connectivity index (χ0) is 29.2. The number of carbonyl (C=O) groups excluding carboxylic acids is 3. The van der Waals surface area contributed by atoms with E-state index in [0.29, 0.717) is 45.6 Å². The van der Waals surface area contributed by atoms with Crippen LogP contribution in [0, 0.1) is 6.92 Å². The normalized spacial score (nSPS) is 19.3. The van der Waals surface area contributed by atoms with Gasteiger partial charge in [0.2, 0.25) is 0 Å². The molecule has 3 aliphatic rings. The molecule has 1 atom stereocenters. The van der Waals surface area contributed by atoms with Gasteiger partial charge in [0.1, 0.15) is 0 Å². The van der Waals surface area contributed by atoms with Gasteiger partial charge in [0.25, 0.3) is 5.91 Å². The van der Waals surface area contributed by atoms with Crippen LogP contribution < -0.4 is 11.1 Å². The van der Waals surface area contributed by atoms with Crippen molar-refractivity contribution < 1.29 is 19.1 Å². The highest BCUT2D eigenvalue weighted by Crippen LogP contribution is 2.26. The Hall–Kier alpha value is -4.12. The number of ether oxygens (including phenoxy) is 1. The van der Waals surface area contributed by atoms with Gasteiger partial charge in [0.05, 0.1) is 11.7 Å². The van der Waals surface area contributed by atoms with Crippen LogP contribution >= 0.6 is 0 Å². The Kier molecular flexibility index (Phi) is 8.01. The summed E-state index contributed by atoms with van der Waals surface area (Å²) in [5.74, 6) is -0.184. The molecule has 4 heterocycles. The number of anilines is 1. The molecule has 6 rings (SSSR count). The van der Waals surface area contributed by atoms with Crippen molar-refractivity contribution in [2.45, 2.75) is 63.6 Å². The summed E-state index contributed by atoms with van der Waals surface area (Å²) in [5, 5.41) is 11.1. The molecule has 11 heteroatoms. The summed E-state index contributed by atoms with van der Waals surface area (Å²) >= 11 is 0. The Bertz CT molecular complexity index is 1460. The summed E-state index contributed by atoms with van der Waals surface area (Å²) in [7, 11) is 0. The van der Waals surface area contributed by atoms with Crippen molar-refractivity contribution in [2.75, 3.05) is 38.0 Å². The molecule has 222 valence electrons. The fourth-order valence-corrected chi connectivity index (χ4v) is 6.44. The summed E-state index contributed by atoms with van der Waals surface area (Å²) in [6.07, 6.45) is 4.15. The largest absolute Gasteiger partial charge is 0.436 e. The number of fused-ring (bicyclic) bond motifs is 2. The molecule has 4 amide bonds. The second-order valence-electron chi connectivity index (χ2n) is 11.7. The molecule has 0 bridgehead atoms. The summed E-state index contributed by atoms with van der Waals surface area (Å²) < 4.78 is 5.98. The number of hydrogen-bond donors (Lipinski definition) is 3. The van der Waals surface area contributed by atoms with E-state index in [2.05, 4.69) is 15.5 Å². The van der Waals surface area contributed by atoms with E-state index >= 15 is 0 Å². The number of aryl methyl sites for hydroxylation is 1. The molecule has 3 aromatic rings. The van der Waals surface area contributed by atoms with Gasteiger partial charge in [0.15, 0.2) is 6.10 Å². The molecule has 42 heavy (non-hydrogen) atoms. The van der Waals surface area contributed by atoms with E-state index in [4.69, 9.17) is 10.5 Å². The van der Waals surface area contributed by atoms with E-state index < -0.39 is 12.2 Å². The molecule has 4 N–H and O–H groups in total. The molecule has 2 fully saturated rings. The highest BCUT2D eigenvalue weighted by atomic mass is 16.6. The third-order valence-corrected chi connectivity index (χ3v) is 8.90. The van der Waals surface area contributed by atoms with Gasteiger partial charge in [-0.15, -0.1) is 0 Å². The number of likely N-dealkylation sites (tertiary alicyclic amines) is 2. The van der Waals surface area contributed by atoms with Gasteiger partial charge >= 0.3 is 12.1 Å². The van der Waals surface area contributed by atoms with Crippen molar-refractivity contribution in [1.29, 1.82) is 0 Å². The van der Waals surface area contributed by atoms with Crippen LogP contribution in [-0.4, -0.2) is 93.8 Å². The number of aromatic nitrogens is 2. The predicted octanol–water partition coefficient (Wildman–Crippen LogP) is 3.42. The lowest BCUT2D eigenvalue weighted by atomic mass is 10.0. The summed E-state index contributed by atoms with van der Waals surface area (Å²) in [6, 6.07) is 11.9. The number of amides is 4. The molecule has 1 aromatic heterocycles. The minimum absolute atomic E-state index is 0.0306. The van der Waals surface area contributed by atoms with Gasteiger partial charge in [-0.25, -0.2) is 9.59 Å². The van der Waals surface area contributed by atoms with Gasteiger partial charge < -0.3 is 30.5 Å². The summed E-state index contributed by atoms with van der Waals surface area (Å²) in [6.45, 7) is 4.66. The molecule has 2 aromatic carbocycles. The Morgan fingerprint density at radius 1 is 1.05 bits per heavy atom. The van der Waals surface area contributed by atoms with Crippen LogP contribution in [0.4, 0.5) is 15.3 Å². The smallest absolute Gasteiger partial charge is 0.410 e. The first-order chi connectivity index (χ1) is 20.4. The number of rotatable bonds is 5. The number of benzene rings is 2. The maximum atomic E-state index is 13.7. The SMILES string of the molecule is Cc1cc(CC(OC(=O)N2CCC(N3CCc4ccccc4NC3=O)CC2)C(=O)N2CCC(N)CC2)cc2cn[nH]c12. The predicted molar refractivity (Wildman–Crippen MR) is 159 cm³/mol. The van der Waals surface area contributed by atoms with Gasteiger partial charge in [-0.05, 0) is 67.9 Å². The number of para-hydroxylation sites is 1. The number of nitrogens with zero attached hydrogens (tertiary/aromatic N) is 4. The molecule has 0 radical (unpaired) electrons. The van der Waals surface area contributed by atoms with Gasteiger partial charge in [-0.2, -0.15) is 5.10 Å². The third kappa shape index (κ3) is 5.92. The van der Waals surface area contributed by atoms with Gasteiger partial charge in [0, 0.05) is 62.3 Å². The highest BCUT2D eigenvalue weighted by Gasteiger charge is 2.35. The van der Waals surface area contributed by atoms with Crippen molar-refractivity contribution in [3.63, 3.8) is 0 Å². The molecule has 2 saturated heterocycles. The minimum Gasteiger partial charge on any atom is -0.436 e. The molecule has 1 unspecified atom stereocenters. The van der Waals surface area contributed by atoms with Crippen molar-refractivity contribution in [3.8, 4) is 0 Å². The Balaban J connectivity index is 1.11. The zero-order valence-electron chi connectivity index (χ0n) is 24.1. The number of aromatic amines is 1. The number of H-pyrrole nitrogens is 1. The standard InChI is InChI=1S/C31H39N7O4/c1-20-16-21(17-23-19-33-35-28(20)23)18-27(29(39)36-11-7-24(32)8-12-36)42-31(41)37-13-9-25(10-14-37)38-15-6-22-4-2-3-5-26(22)34-30(38)40/h2-5,16-17,19,24-25,27H,6-15,18,32H2,1H3,(H,33,35)(H,34,40). The van der Waals surface area contributed by atoms with Crippen molar-refractivity contribution >= 4 is 34.6 Å². The fourth-order valence-electron chi connectivity index (χ4n) is 6.44. The maximum absolute atomic E-state index is 13.7. The second-order valence-corrected chi connectivity index (χ2v) is 11.7. The fraction of sp³-hybridized carbons (Fsp3) is 0.484. The van der Waals surface area contributed by atoms with E-state index in [9.17, 15) is 14.4 Å². The zero-order valence-corrected chi connectivity index (χ0v) is 24.1. The average Bonchev–Trinajstić information content (AvgIpc) is 3.40. The average molecular weight is 574 g/mol. The van der Waals surface area contributed by atoms with Crippen LogP contribution in [-0.2, 0) is 22.4 Å². The van der Waals surface area contributed by atoms with E-state index in [1.54, 1.807) is 16.0 Å². The van der Waals surface area contributed by atoms with E-state index in [1.165, 1.54) is 0 Å². The Morgan fingerprint density at radius 2 is 1.79 bits per heavy atom. The topological polar surface area (TPSA) is 137 Å². The van der Waals surface area contributed by atoms with Crippen LogP contribution in [0.15, 0.2) is 42.6 Å². The first-order valence-electron chi connectivity index (χ1n) is 14.9. The van der Waals surface area contributed by atoms with Crippen LogP contribution in [0.1, 0.15) is 42.4 Å². The monoisotopic (exact) mass is 573 g/mol. The highest BCUT2D eigenvalue weighted by molar-refractivity contribution is 5.91. The van der Waals surface area contributed by atoms with Crippen LogP contribution in [0.2, 0.25) is 0 Å². The molecule has 11 nitrogen and oxygen atoms in total. The lowest BCUT2D eigenvalue weighted by molar-refractivity contribution is -0.142. The first kappa shape index (κ1) is 28.0. The lowest BCUT2D eigenvalue weighted by Crippen LogP contribution is -2.52. The van der Waals surface area contributed by atoms with Crippen LogP contribution in [0.5, 0.6) is 0 Å². The summed E-state index contributed by atoms with van der Waals surface area (Å²) in [5.41, 5.74) is 10.9. The minimum atomic E-state index is -0.941. The second kappa shape index (κ2) is 12.0. The maximum Gasteiger partial charge on any atom is 0.410 e. The van der Waals surface area contributed by atoms with E-state index in [-0.39, 0.29) is 30.4 Å². The van der Waals surface area contributed by atoms with Crippen molar-refractivity contribution in [3.05, 3.63) is 59.3 Å². The quantitative estimate of drug-likeness (QED) is 0.428. The lowest BCUT2D eigenvalue weighted by Gasteiger charge is -2.38. The number of hydrogen-bond acceptors (Lipinski definition) is 6. The number of nitrogens with one attached hydrogen (secondary N) is 2. The van der Waals surface area contributed by atoms with Crippen molar-refractivity contribution in [1.82, 2.24) is 24.9 Å². The number of piperidine rings is 2. The Morgan fingerprint density at radius 3 is 2.57 bits per heavy atom. The molecule has 3 aliphatic heterocycles. The van der Waals surface area contributed by atoms with E-state index in [1.807, 2.05) is 48.2 Å². The number of nitrogens with two attached hydrogens (primary N) is 1. The molecule has 0 saturated carbocycles.